The van der Waals surface area contributed by atoms with Crippen LogP contribution in [0.1, 0.15) is 12.5 Å². The van der Waals surface area contributed by atoms with E-state index < -0.39 is 5.95 Å². The van der Waals surface area contributed by atoms with Gasteiger partial charge < -0.3 is 9.63 Å². The molecule has 0 atom stereocenters. The number of benzene rings is 2. The molecule has 0 amide bonds. The van der Waals surface area contributed by atoms with Gasteiger partial charge in [0.05, 0.1) is 11.0 Å². The minimum Gasteiger partial charge on any atom is -0.539 e. The Bertz CT molecular complexity index is 1120. The number of hydrazone groups is 1. The predicted molar refractivity (Wildman–Crippen MR) is 106 cm³/mol. The Morgan fingerprint density at radius 3 is 2.68 bits per heavy atom. The van der Waals surface area contributed by atoms with Crippen LogP contribution in [-0.4, -0.2) is 16.0 Å². The molecule has 0 saturated heterocycles. The van der Waals surface area contributed by atoms with Gasteiger partial charge in [0.1, 0.15) is 0 Å². The Kier molecular flexibility index (Phi) is 5.05. The Morgan fingerprint density at radius 2 is 1.93 bits per heavy atom. The summed E-state index contributed by atoms with van der Waals surface area (Å²) in [7, 11) is 0. The highest BCUT2D eigenvalue weighted by molar-refractivity contribution is 7.14. The van der Waals surface area contributed by atoms with Crippen LogP contribution in [0.4, 0.5) is 5.13 Å². The zero-order valence-electron chi connectivity index (χ0n) is 14.7. The number of anilines is 1. The average Bonchev–Trinajstić information content (AvgIpc) is 3.33. The summed E-state index contributed by atoms with van der Waals surface area (Å²) >= 11 is 7.25. The number of halogens is 1. The summed E-state index contributed by atoms with van der Waals surface area (Å²) in [5, 5.41) is 23.2. The van der Waals surface area contributed by atoms with E-state index in [9.17, 15) is 5.11 Å². The van der Waals surface area contributed by atoms with Crippen LogP contribution in [0.15, 0.2) is 69.6 Å². The number of hydrogen-bond acceptors (Lipinski definition) is 7. The maximum Gasteiger partial charge on any atom is 0.289 e. The second kappa shape index (κ2) is 7.79. The van der Waals surface area contributed by atoms with Gasteiger partial charge in [0.25, 0.3) is 5.69 Å². The van der Waals surface area contributed by atoms with Crippen LogP contribution >= 0.6 is 22.9 Å². The topological polar surface area (TPSA) is 90.2 Å². The van der Waals surface area contributed by atoms with Gasteiger partial charge in [0.15, 0.2) is 11.6 Å². The molecule has 2 aromatic carbocycles. The average molecular weight is 412 g/mol. The highest BCUT2D eigenvalue weighted by Crippen LogP contribution is 2.28. The lowest BCUT2D eigenvalue weighted by molar-refractivity contribution is -0.660. The fourth-order valence-electron chi connectivity index (χ4n) is 2.53. The van der Waals surface area contributed by atoms with E-state index in [2.05, 4.69) is 20.8 Å². The monoisotopic (exact) mass is 411 g/mol. The van der Waals surface area contributed by atoms with Crippen molar-refractivity contribution in [2.45, 2.75) is 6.92 Å². The van der Waals surface area contributed by atoms with E-state index in [0.29, 0.717) is 21.5 Å². The van der Waals surface area contributed by atoms with Crippen molar-refractivity contribution in [3.05, 3.63) is 70.6 Å². The van der Waals surface area contributed by atoms with Crippen LogP contribution in [0, 0.1) is 0 Å². The molecule has 140 valence electrons. The highest BCUT2D eigenvalue weighted by Gasteiger charge is 2.24. The summed E-state index contributed by atoms with van der Waals surface area (Å²) in [5.74, 6) is -0.573. The van der Waals surface area contributed by atoms with Crippen molar-refractivity contribution >= 4 is 33.8 Å². The molecular weight excluding hydrogens is 398 g/mol. The minimum absolute atomic E-state index is 0.232. The molecular formula is C19H14ClN5O2S. The van der Waals surface area contributed by atoms with Crippen molar-refractivity contribution < 1.29 is 14.3 Å². The summed E-state index contributed by atoms with van der Waals surface area (Å²) < 4.78 is 6.24. The van der Waals surface area contributed by atoms with Crippen LogP contribution in [0.3, 0.4) is 0 Å². The zero-order chi connectivity index (χ0) is 19.5. The smallest absolute Gasteiger partial charge is 0.289 e. The molecule has 7 nitrogen and oxygen atoms in total. The number of thiazole rings is 1. The van der Waals surface area contributed by atoms with Crippen LogP contribution < -0.4 is 15.2 Å². The maximum atomic E-state index is 12.2. The van der Waals surface area contributed by atoms with Crippen LogP contribution in [-0.2, 0) is 0 Å². The Balaban J connectivity index is 1.60. The van der Waals surface area contributed by atoms with Crippen LogP contribution in [0.25, 0.3) is 17.1 Å². The van der Waals surface area contributed by atoms with Crippen LogP contribution in [0.2, 0.25) is 5.02 Å². The molecule has 0 radical (unpaired) electrons. The second-order valence-corrected chi connectivity index (χ2v) is 7.10. The van der Waals surface area contributed by atoms with Gasteiger partial charge in [-0.3, -0.25) is 5.43 Å². The lowest BCUT2D eigenvalue weighted by Gasteiger charge is -2.00. The first kappa shape index (κ1) is 18.1. The van der Waals surface area contributed by atoms with Gasteiger partial charge in [-0.25, -0.2) is 4.98 Å². The van der Waals surface area contributed by atoms with E-state index in [-0.39, 0.29) is 5.69 Å². The molecule has 0 fully saturated rings. The van der Waals surface area contributed by atoms with Gasteiger partial charge in [-0.05, 0) is 29.3 Å². The first-order valence-electron chi connectivity index (χ1n) is 8.28. The number of rotatable bonds is 5. The number of hydrogen-bond donors (Lipinski definition) is 1. The summed E-state index contributed by atoms with van der Waals surface area (Å²) in [6.07, 6.45) is 0. The molecule has 0 aliphatic heterocycles. The van der Waals surface area contributed by atoms with E-state index in [0.717, 1.165) is 11.3 Å². The van der Waals surface area contributed by atoms with Gasteiger partial charge >= 0.3 is 0 Å². The molecule has 2 heterocycles. The first-order chi connectivity index (χ1) is 13.6. The molecule has 4 rings (SSSR count). The van der Waals surface area contributed by atoms with Gasteiger partial charge in [-0.2, -0.15) is 5.10 Å². The summed E-state index contributed by atoms with van der Waals surface area (Å²) in [6, 6.07) is 16.7. The van der Waals surface area contributed by atoms with Crippen molar-refractivity contribution in [2.75, 3.05) is 5.43 Å². The third kappa shape index (κ3) is 3.73. The largest absolute Gasteiger partial charge is 0.539 e. The molecule has 0 unspecified atom stereocenters. The van der Waals surface area contributed by atoms with Crippen LogP contribution in [0.5, 0.6) is 5.95 Å². The third-order valence-corrected chi connectivity index (χ3v) is 4.94. The van der Waals surface area contributed by atoms with E-state index in [1.165, 1.54) is 16.0 Å². The van der Waals surface area contributed by atoms with E-state index in [1.54, 1.807) is 29.6 Å². The molecule has 2 aromatic heterocycles. The lowest BCUT2D eigenvalue weighted by Crippen LogP contribution is -2.34. The third-order valence-electron chi connectivity index (χ3n) is 3.94. The zero-order valence-corrected chi connectivity index (χ0v) is 16.2. The molecule has 1 N–H and O–H groups in total. The van der Waals surface area contributed by atoms with E-state index in [4.69, 9.17) is 16.1 Å². The maximum absolute atomic E-state index is 12.2. The molecule has 0 aliphatic carbocycles. The van der Waals surface area contributed by atoms with Gasteiger partial charge in [-0.1, -0.05) is 41.9 Å². The predicted octanol–water partition coefficient (Wildman–Crippen LogP) is 3.64. The molecule has 0 saturated carbocycles. The summed E-state index contributed by atoms with van der Waals surface area (Å²) in [5.41, 5.74) is 6.08. The Morgan fingerprint density at radius 1 is 1.18 bits per heavy atom. The van der Waals surface area contributed by atoms with E-state index in [1.807, 2.05) is 37.3 Å². The fraction of sp³-hybridized carbons (Fsp3) is 0.0526. The molecule has 0 aliphatic rings. The molecule has 0 spiro atoms. The summed E-state index contributed by atoms with van der Waals surface area (Å²) in [6.45, 7) is 1.90. The van der Waals surface area contributed by atoms with E-state index >= 15 is 0 Å². The first-order valence-corrected chi connectivity index (χ1v) is 9.54. The molecule has 28 heavy (non-hydrogen) atoms. The van der Waals surface area contributed by atoms with Gasteiger partial charge in [-0.15, -0.1) is 11.3 Å². The SMILES string of the molecule is C/C(=N\Nc1nc(-c2c([O-])on[n+]2-c2ccc(Cl)cc2)cs1)c1ccccc1. The number of nitrogens with zero attached hydrogens (tertiary/aromatic N) is 4. The van der Waals surface area contributed by atoms with Crippen molar-refractivity contribution in [2.24, 2.45) is 5.10 Å². The molecule has 0 bridgehead atoms. The Hall–Kier alpha value is -3.23. The number of aromatic nitrogens is 3. The van der Waals surface area contributed by atoms with Crippen molar-refractivity contribution in [3.63, 3.8) is 0 Å². The van der Waals surface area contributed by atoms with Gasteiger partial charge in [0, 0.05) is 22.5 Å². The number of nitrogens with one attached hydrogen (secondary N) is 1. The lowest BCUT2D eigenvalue weighted by atomic mass is 10.1. The fourth-order valence-corrected chi connectivity index (χ4v) is 3.29. The van der Waals surface area contributed by atoms with Crippen molar-refractivity contribution in [1.29, 1.82) is 0 Å². The molecule has 4 aromatic rings. The van der Waals surface area contributed by atoms with Crippen molar-refractivity contribution in [3.8, 4) is 23.0 Å². The highest BCUT2D eigenvalue weighted by atomic mass is 35.5. The minimum atomic E-state index is -0.573. The Labute approximate surface area is 169 Å². The quantitative estimate of drug-likeness (QED) is 0.307. The summed E-state index contributed by atoms with van der Waals surface area (Å²) in [4.78, 5) is 4.44. The standard InChI is InChI=1S/C19H14ClN5O2S/c1-12(13-5-3-2-4-6-13)22-23-19-21-16(11-28-19)17-18(26)27-24-25(17)15-9-7-14(20)8-10-15/h2-11H,1H3,(H-,21,23,24,26)/b22-12+. The normalized spacial score (nSPS) is 11.6. The molecule has 9 heteroatoms. The van der Waals surface area contributed by atoms with Gasteiger partial charge in [0.2, 0.25) is 10.8 Å². The van der Waals surface area contributed by atoms with Crippen molar-refractivity contribution in [1.82, 2.24) is 10.3 Å². The second-order valence-electron chi connectivity index (χ2n) is 5.81.